The van der Waals surface area contributed by atoms with E-state index in [0.717, 1.165) is 30.3 Å². The van der Waals surface area contributed by atoms with Crippen molar-refractivity contribution in [1.82, 2.24) is 18.7 Å². The second-order valence-electron chi connectivity index (χ2n) is 4.76. The fraction of sp³-hybridized carbons (Fsp3) is 0.583. The standard InChI is InChI=1S/C12H15ClN4O2S/c1-15-9-8(16-6-7-20-11(16)14-9)10(18)17(12(15)19)5-3-2-4-13/h2-7H2,1H3. The maximum absolute atomic E-state index is 12.6. The summed E-state index contributed by atoms with van der Waals surface area (Å²) in [7, 11) is 1.66. The van der Waals surface area contributed by atoms with Crippen molar-refractivity contribution in [1.29, 1.82) is 0 Å². The number of imidazole rings is 1. The number of nitrogens with zero attached hydrogens (tertiary/aromatic N) is 4. The minimum absolute atomic E-state index is 0.237. The summed E-state index contributed by atoms with van der Waals surface area (Å²) in [5, 5.41) is 0.825. The molecule has 0 radical (unpaired) electrons. The molecular weight excluding hydrogens is 300 g/mol. The van der Waals surface area contributed by atoms with E-state index in [4.69, 9.17) is 11.6 Å². The molecule has 20 heavy (non-hydrogen) atoms. The Kier molecular flexibility index (Phi) is 3.64. The molecule has 0 spiro atoms. The average Bonchev–Trinajstić information content (AvgIpc) is 3.00. The maximum atomic E-state index is 12.6. The number of hydrogen-bond donors (Lipinski definition) is 0. The molecule has 8 heteroatoms. The third-order valence-electron chi connectivity index (χ3n) is 3.51. The molecule has 6 nitrogen and oxygen atoms in total. The van der Waals surface area contributed by atoms with E-state index in [9.17, 15) is 9.59 Å². The highest BCUT2D eigenvalue weighted by atomic mass is 35.5. The van der Waals surface area contributed by atoms with E-state index in [1.807, 2.05) is 4.57 Å². The van der Waals surface area contributed by atoms with Crippen LogP contribution in [0.15, 0.2) is 14.7 Å². The van der Waals surface area contributed by atoms with Crippen LogP contribution in [0.4, 0.5) is 0 Å². The van der Waals surface area contributed by atoms with Crippen LogP contribution in [0.2, 0.25) is 0 Å². The molecule has 0 saturated carbocycles. The molecule has 0 N–H and O–H groups in total. The molecule has 0 atom stereocenters. The topological polar surface area (TPSA) is 61.8 Å². The highest BCUT2D eigenvalue weighted by Gasteiger charge is 2.23. The van der Waals surface area contributed by atoms with E-state index in [1.54, 1.807) is 18.8 Å². The lowest BCUT2D eigenvalue weighted by molar-refractivity contribution is 0.566. The first-order valence-corrected chi connectivity index (χ1v) is 8.06. The number of fused-ring (bicyclic) bond motifs is 3. The average molecular weight is 315 g/mol. The molecule has 0 fully saturated rings. The monoisotopic (exact) mass is 314 g/mol. The Balaban J connectivity index is 2.21. The zero-order chi connectivity index (χ0) is 14.3. The van der Waals surface area contributed by atoms with Gasteiger partial charge in [0.2, 0.25) is 0 Å². The molecule has 0 bridgehead atoms. The zero-order valence-corrected chi connectivity index (χ0v) is 12.7. The number of rotatable bonds is 4. The minimum atomic E-state index is -0.307. The molecule has 0 unspecified atom stereocenters. The van der Waals surface area contributed by atoms with E-state index >= 15 is 0 Å². The number of aromatic nitrogens is 4. The molecule has 2 aromatic heterocycles. The van der Waals surface area contributed by atoms with Crippen molar-refractivity contribution in [3.05, 3.63) is 20.8 Å². The highest BCUT2D eigenvalue weighted by molar-refractivity contribution is 7.99. The van der Waals surface area contributed by atoms with E-state index in [-0.39, 0.29) is 11.2 Å². The normalized spacial score (nSPS) is 14.1. The van der Waals surface area contributed by atoms with Crippen molar-refractivity contribution in [2.24, 2.45) is 7.05 Å². The van der Waals surface area contributed by atoms with Crippen LogP contribution in [-0.4, -0.2) is 30.3 Å². The first-order valence-electron chi connectivity index (χ1n) is 6.54. The van der Waals surface area contributed by atoms with Gasteiger partial charge in [0.1, 0.15) is 0 Å². The van der Waals surface area contributed by atoms with Crippen LogP contribution >= 0.6 is 23.4 Å². The van der Waals surface area contributed by atoms with Crippen molar-refractivity contribution < 1.29 is 0 Å². The Hall–Kier alpha value is -1.21. The number of hydrogen-bond acceptors (Lipinski definition) is 4. The molecule has 2 aromatic rings. The van der Waals surface area contributed by atoms with Crippen molar-refractivity contribution in [2.75, 3.05) is 11.6 Å². The zero-order valence-electron chi connectivity index (χ0n) is 11.1. The number of thioether (sulfide) groups is 1. The third-order valence-corrected chi connectivity index (χ3v) is 4.73. The number of halogens is 1. The lowest BCUT2D eigenvalue weighted by atomic mass is 10.3. The predicted octanol–water partition coefficient (Wildman–Crippen LogP) is 1.02. The Labute approximate surface area is 124 Å². The predicted molar refractivity (Wildman–Crippen MR) is 79.9 cm³/mol. The van der Waals surface area contributed by atoms with Crippen molar-refractivity contribution in [2.45, 2.75) is 31.1 Å². The molecular formula is C12H15ClN4O2S. The van der Waals surface area contributed by atoms with E-state index in [1.165, 1.54) is 9.13 Å². The van der Waals surface area contributed by atoms with E-state index in [2.05, 4.69) is 4.98 Å². The van der Waals surface area contributed by atoms with Crippen molar-refractivity contribution in [3.8, 4) is 0 Å². The molecule has 3 rings (SSSR count). The SMILES string of the molecule is Cn1c(=O)n(CCCCCl)c(=O)c2c1nc1n2CCS1. The molecule has 1 aliphatic rings. The summed E-state index contributed by atoms with van der Waals surface area (Å²) in [5.74, 6) is 1.46. The molecule has 0 saturated heterocycles. The Morgan fingerprint density at radius 2 is 2.15 bits per heavy atom. The molecule has 0 amide bonds. The van der Waals surface area contributed by atoms with Gasteiger partial charge in [0.25, 0.3) is 5.56 Å². The van der Waals surface area contributed by atoms with Gasteiger partial charge in [-0.05, 0) is 12.8 Å². The molecule has 108 valence electrons. The van der Waals surface area contributed by atoms with Gasteiger partial charge in [-0.25, -0.2) is 9.78 Å². The quantitative estimate of drug-likeness (QED) is 0.624. The summed E-state index contributed by atoms with van der Waals surface area (Å²) in [6, 6.07) is 0. The second kappa shape index (κ2) is 5.29. The smallest absolute Gasteiger partial charge is 0.312 e. The molecule has 0 aromatic carbocycles. The van der Waals surface area contributed by atoms with Crippen LogP contribution in [0.25, 0.3) is 11.2 Å². The summed E-state index contributed by atoms with van der Waals surface area (Å²) in [6.07, 6.45) is 1.51. The van der Waals surface area contributed by atoms with Crippen LogP contribution in [-0.2, 0) is 20.1 Å². The fourth-order valence-electron chi connectivity index (χ4n) is 2.46. The lowest BCUT2D eigenvalue weighted by Gasteiger charge is -2.08. The Bertz CT molecular complexity index is 776. The molecule has 1 aliphatic heterocycles. The van der Waals surface area contributed by atoms with Gasteiger partial charge in [-0.2, -0.15) is 0 Å². The van der Waals surface area contributed by atoms with Gasteiger partial charge < -0.3 is 4.57 Å². The largest absolute Gasteiger partial charge is 0.332 e. The van der Waals surface area contributed by atoms with Gasteiger partial charge in [-0.3, -0.25) is 13.9 Å². The summed E-state index contributed by atoms with van der Waals surface area (Å²) in [4.78, 5) is 29.2. The van der Waals surface area contributed by atoms with Crippen molar-refractivity contribution in [3.63, 3.8) is 0 Å². The first-order chi connectivity index (χ1) is 9.65. The number of unbranched alkanes of at least 4 members (excludes halogenated alkanes) is 1. The summed E-state index contributed by atoms with van der Waals surface area (Å²) in [6.45, 7) is 1.17. The Morgan fingerprint density at radius 1 is 1.35 bits per heavy atom. The van der Waals surface area contributed by atoms with Crippen molar-refractivity contribution >= 4 is 34.5 Å². The Morgan fingerprint density at radius 3 is 2.90 bits per heavy atom. The van der Waals surface area contributed by atoms with Crippen LogP contribution in [0.5, 0.6) is 0 Å². The van der Waals surface area contributed by atoms with Gasteiger partial charge >= 0.3 is 5.69 Å². The second-order valence-corrected chi connectivity index (χ2v) is 6.20. The molecule has 3 heterocycles. The number of aryl methyl sites for hydroxylation is 2. The number of alkyl halides is 1. The van der Waals surface area contributed by atoms with Crippen LogP contribution in [0.3, 0.4) is 0 Å². The van der Waals surface area contributed by atoms with E-state index < -0.39 is 0 Å². The van der Waals surface area contributed by atoms with Crippen LogP contribution < -0.4 is 11.2 Å². The summed E-state index contributed by atoms with van der Waals surface area (Å²) in [5.41, 5.74) is 0.478. The summed E-state index contributed by atoms with van der Waals surface area (Å²) < 4.78 is 4.68. The molecule has 0 aliphatic carbocycles. The minimum Gasteiger partial charge on any atom is -0.312 e. The first kappa shape index (κ1) is 13.8. The summed E-state index contributed by atoms with van der Waals surface area (Å²) >= 11 is 7.26. The fourth-order valence-corrected chi connectivity index (χ4v) is 3.59. The van der Waals surface area contributed by atoms with Gasteiger partial charge in [0, 0.05) is 31.8 Å². The van der Waals surface area contributed by atoms with Gasteiger partial charge in [0.15, 0.2) is 16.3 Å². The van der Waals surface area contributed by atoms with Crippen LogP contribution in [0.1, 0.15) is 12.8 Å². The maximum Gasteiger partial charge on any atom is 0.332 e. The van der Waals surface area contributed by atoms with Crippen LogP contribution in [0, 0.1) is 0 Å². The van der Waals surface area contributed by atoms with Gasteiger partial charge in [-0.15, -0.1) is 11.6 Å². The van der Waals surface area contributed by atoms with E-state index in [0.29, 0.717) is 23.6 Å². The third kappa shape index (κ3) is 2.00. The highest BCUT2D eigenvalue weighted by Crippen LogP contribution is 2.27. The van der Waals surface area contributed by atoms with Gasteiger partial charge in [-0.1, -0.05) is 11.8 Å². The van der Waals surface area contributed by atoms with Gasteiger partial charge in [0.05, 0.1) is 0 Å². The lowest BCUT2D eigenvalue weighted by Crippen LogP contribution is -2.39.